The van der Waals surface area contributed by atoms with Gasteiger partial charge in [0, 0.05) is 12.1 Å². The first-order valence-electron chi connectivity index (χ1n) is 12.6. The molecule has 0 aliphatic heterocycles. The minimum atomic E-state index is -3.31. The fourth-order valence-corrected chi connectivity index (χ4v) is 4.90. The molecule has 1 atom stereocenters. The molecule has 0 amide bonds. The number of hydrogen-bond donors (Lipinski definition) is 4. The third-order valence-electron chi connectivity index (χ3n) is 6.12. The van der Waals surface area contributed by atoms with Crippen LogP contribution in [-0.4, -0.2) is 55.3 Å². The molecule has 1 unspecified atom stereocenters. The Kier molecular flexibility index (Phi) is 11.1. The van der Waals surface area contributed by atoms with Gasteiger partial charge in [0.15, 0.2) is 9.84 Å². The minimum absolute atomic E-state index is 0.0127. The third-order valence-corrected chi connectivity index (χ3v) is 8.28. The van der Waals surface area contributed by atoms with E-state index in [0.717, 1.165) is 23.3 Å². The van der Waals surface area contributed by atoms with Crippen LogP contribution in [0, 0.1) is 0 Å². The molecule has 3 aromatic rings. The lowest BCUT2D eigenvalue weighted by Gasteiger charge is -2.14. The molecule has 0 aromatic heterocycles. The molecular formula is C29H37NO7S. The molecule has 3 rings (SSSR count). The molecule has 8 nitrogen and oxygen atoms in total. The van der Waals surface area contributed by atoms with E-state index < -0.39 is 21.2 Å². The molecule has 0 fully saturated rings. The molecule has 0 aliphatic carbocycles. The average molecular weight is 544 g/mol. The summed E-state index contributed by atoms with van der Waals surface area (Å²) in [5.74, 6) is 0.747. The first-order chi connectivity index (χ1) is 18.2. The molecule has 4 N–H and O–H groups in total. The Hall–Kier alpha value is -2.95. The van der Waals surface area contributed by atoms with Crippen LogP contribution in [0.2, 0.25) is 0 Å². The Morgan fingerprint density at radius 1 is 0.947 bits per heavy atom. The van der Waals surface area contributed by atoms with Crippen molar-refractivity contribution in [3.63, 3.8) is 0 Å². The number of aromatic hydroxyl groups is 1. The summed E-state index contributed by atoms with van der Waals surface area (Å²) in [5, 5.41) is 32.0. The highest BCUT2D eigenvalue weighted by Crippen LogP contribution is 2.22. The van der Waals surface area contributed by atoms with E-state index in [2.05, 4.69) is 5.32 Å². The van der Waals surface area contributed by atoms with Gasteiger partial charge in [0.1, 0.15) is 18.1 Å². The summed E-state index contributed by atoms with van der Waals surface area (Å²) >= 11 is 0. The lowest BCUT2D eigenvalue weighted by atomic mass is 10.1. The van der Waals surface area contributed by atoms with E-state index in [-0.39, 0.29) is 12.4 Å². The maximum Gasteiger partial charge on any atom is 0.180 e. The number of ether oxygens (including phenoxy) is 2. The maximum atomic E-state index is 12.3. The second-order valence-corrected chi connectivity index (χ2v) is 11.8. The van der Waals surface area contributed by atoms with E-state index in [1.165, 1.54) is 6.07 Å². The van der Waals surface area contributed by atoms with E-state index in [1.54, 1.807) is 44.2 Å². The molecule has 0 radical (unpaired) electrons. The van der Waals surface area contributed by atoms with Crippen LogP contribution in [0.4, 0.5) is 0 Å². The first-order valence-corrected chi connectivity index (χ1v) is 14.2. The number of aliphatic hydroxyl groups excluding tert-OH is 2. The molecule has 0 aliphatic rings. The lowest BCUT2D eigenvalue weighted by Crippen LogP contribution is -2.23. The lowest BCUT2D eigenvalue weighted by molar-refractivity contribution is 0.0888. The molecule has 0 heterocycles. The number of rotatable bonds is 15. The number of aliphatic hydroxyl groups is 2. The van der Waals surface area contributed by atoms with Crippen LogP contribution >= 0.6 is 0 Å². The number of nitrogens with one attached hydrogen (secondary N) is 1. The molecule has 0 saturated carbocycles. The smallest absolute Gasteiger partial charge is 0.180 e. The Morgan fingerprint density at radius 2 is 1.71 bits per heavy atom. The van der Waals surface area contributed by atoms with Crippen molar-refractivity contribution in [3.8, 4) is 11.5 Å². The highest BCUT2D eigenvalue weighted by Gasteiger charge is 2.19. The quantitative estimate of drug-likeness (QED) is 0.215. The van der Waals surface area contributed by atoms with Crippen LogP contribution in [0.15, 0.2) is 71.6 Å². The second-order valence-electron chi connectivity index (χ2n) is 9.30. The van der Waals surface area contributed by atoms with Crippen molar-refractivity contribution in [1.82, 2.24) is 5.32 Å². The summed E-state index contributed by atoms with van der Waals surface area (Å²) in [6, 6.07) is 19.3. The summed E-state index contributed by atoms with van der Waals surface area (Å²) in [5.41, 5.74) is 2.95. The van der Waals surface area contributed by atoms with Gasteiger partial charge in [0.05, 0.1) is 36.1 Å². The highest BCUT2D eigenvalue weighted by atomic mass is 32.2. The number of hydrogen-bond acceptors (Lipinski definition) is 8. The number of benzene rings is 3. The van der Waals surface area contributed by atoms with Crippen LogP contribution < -0.4 is 10.1 Å². The summed E-state index contributed by atoms with van der Waals surface area (Å²) in [6.07, 6.45) is 0.0371. The Morgan fingerprint density at radius 3 is 2.42 bits per heavy atom. The predicted molar refractivity (Wildman–Crippen MR) is 146 cm³/mol. The van der Waals surface area contributed by atoms with Crippen molar-refractivity contribution in [2.45, 2.75) is 49.7 Å². The van der Waals surface area contributed by atoms with Crippen molar-refractivity contribution < 1.29 is 33.2 Å². The van der Waals surface area contributed by atoms with Crippen LogP contribution in [0.25, 0.3) is 0 Å². The first kappa shape index (κ1) is 29.6. The van der Waals surface area contributed by atoms with Crippen molar-refractivity contribution >= 4 is 9.84 Å². The van der Waals surface area contributed by atoms with E-state index in [1.807, 2.05) is 30.3 Å². The van der Waals surface area contributed by atoms with E-state index >= 15 is 0 Å². The number of sulfone groups is 1. The van der Waals surface area contributed by atoms with E-state index in [9.17, 15) is 23.7 Å². The largest absolute Gasteiger partial charge is 0.508 e. The fourth-order valence-electron chi connectivity index (χ4n) is 3.77. The molecule has 38 heavy (non-hydrogen) atoms. The summed E-state index contributed by atoms with van der Waals surface area (Å²) in [7, 11) is -3.31. The molecular weight excluding hydrogens is 506 g/mol. The Bertz CT molecular complexity index is 1260. The molecule has 206 valence electrons. The van der Waals surface area contributed by atoms with Gasteiger partial charge in [0.2, 0.25) is 0 Å². The summed E-state index contributed by atoms with van der Waals surface area (Å²) < 4.78 is 36.1. The fraction of sp³-hybridized carbons (Fsp3) is 0.379. The van der Waals surface area contributed by atoms with E-state index in [0.29, 0.717) is 48.9 Å². The molecule has 0 saturated heterocycles. The Balaban J connectivity index is 1.33. The predicted octanol–water partition coefficient (Wildman–Crippen LogP) is 3.53. The van der Waals surface area contributed by atoms with Crippen LogP contribution in [0.5, 0.6) is 11.5 Å². The van der Waals surface area contributed by atoms with Gasteiger partial charge in [0.25, 0.3) is 0 Å². The molecule has 9 heteroatoms. The summed E-state index contributed by atoms with van der Waals surface area (Å²) in [6.45, 7) is 5.13. The normalized spacial score (nSPS) is 12.6. The van der Waals surface area contributed by atoms with Gasteiger partial charge in [-0.2, -0.15) is 0 Å². The van der Waals surface area contributed by atoms with Gasteiger partial charge in [-0.3, -0.25) is 0 Å². The zero-order valence-corrected chi connectivity index (χ0v) is 22.7. The van der Waals surface area contributed by atoms with Crippen molar-refractivity contribution in [3.05, 3.63) is 89.0 Å². The van der Waals surface area contributed by atoms with Crippen LogP contribution in [0.1, 0.15) is 42.2 Å². The zero-order valence-electron chi connectivity index (χ0n) is 21.8. The van der Waals surface area contributed by atoms with Crippen LogP contribution in [0.3, 0.4) is 0 Å². The molecule has 3 aromatic carbocycles. The van der Waals surface area contributed by atoms with E-state index in [4.69, 9.17) is 9.47 Å². The van der Waals surface area contributed by atoms with Gasteiger partial charge in [-0.25, -0.2) is 8.42 Å². The van der Waals surface area contributed by atoms with Crippen molar-refractivity contribution in [1.29, 1.82) is 0 Å². The highest BCUT2D eigenvalue weighted by molar-refractivity contribution is 7.92. The second kappa shape index (κ2) is 14.3. The van der Waals surface area contributed by atoms with Gasteiger partial charge >= 0.3 is 0 Å². The SMILES string of the molecule is CC(C)S(=O)(=O)c1cccc(COCCOc2ccc(CCNCC(O)c3ccc(O)c(CO)c3)cc2)c1. The monoisotopic (exact) mass is 543 g/mol. The van der Waals surface area contributed by atoms with Gasteiger partial charge in [-0.1, -0.05) is 30.3 Å². The van der Waals surface area contributed by atoms with Crippen molar-refractivity contribution in [2.75, 3.05) is 26.3 Å². The van der Waals surface area contributed by atoms with Gasteiger partial charge < -0.3 is 30.1 Å². The third kappa shape index (κ3) is 8.54. The van der Waals surface area contributed by atoms with Gasteiger partial charge in [-0.15, -0.1) is 0 Å². The average Bonchev–Trinajstić information content (AvgIpc) is 2.92. The molecule has 0 spiro atoms. The minimum Gasteiger partial charge on any atom is -0.508 e. The topological polar surface area (TPSA) is 125 Å². The van der Waals surface area contributed by atoms with Crippen molar-refractivity contribution in [2.24, 2.45) is 0 Å². The van der Waals surface area contributed by atoms with Gasteiger partial charge in [-0.05, 0) is 79.9 Å². The standard InChI is InChI=1S/C29H37NO7S/c1-21(2)38(34,35)27-5-3-4-23(16-27)20-36-14-15-37-26-9-6-22(7-10-26)12-13-30-18-29(33)24-8-11-28(32)25(17-24)19-31/h3-11,16-17,21,29-33H,12-15,18-20H2,1-2H3. The number of phenols is 1. The summed E-state index contributed by atoms with van der Waals surface area (Å²) in [4.78, 5) is 0.310. The van der Waals surface area contributed by atoms with Crippen LogP contribution in [-0.2, 0) is 34.2 Å². The molecule has 0 bridgehead atoms. The maximum absolute atomic E-state index is 12.3. The zero-order chi connectivity index (χ0) is 27.5. The Labute approximate surface area is 224 Å².